The quantitative estimate of drug-likeness (QED) is 0.458. The standard InChI is InChI=1S/C23H23NO6/c1-3-15-10-18-17(11-22(27)30-20(18)12-19(15)25)13-29-21(26)9-14(2)24-23(28)16-7-5-4-6-8-16/h4-8,10-12,14,25H,3,9,13H2,1-2H3,(H,24,28). The normalized spacial score (nSPS) is 11.8. The third-order valence-corrected chi connectivity index (χ3v) is 4.69. The summed E-state index contributed by atoms with van der Waals surface area (Å²) in [6.45, 7) is 3.49. The molecule has 0 saturated carbocycles. The zero-order chi connectivity index (χ0) is 21.7. The lowest BCUT2D eigenvalue weighted by molar-refractivity contribution is -0.145. The van der Waals surface area contributed by atoms with Gasteiger partial charge in [-0.1, -0.05) is 25.1 Å². The number of hydrogen-bond donors (Lipinski definition) is 2. The van der Waals surface area contributed by atoms with E-state index in [1.807, 2.05) is 13.0 Å². The van der Waals surface area contributed by atoms with Crippen LogP contribution in [0.15, 0.2) is 57.7 Å². The Hall–Kier alpha value is -3.61. The largest absolute Gasteiger partial charge is 0.508 e. The molecule has 1 aromatic heterocycles. The lowest BCUT2D eigenvalue weighted by Crippen LogP contribution is -2.34. The molecule has 7 nitrogen and oxygen atoms in total. The second kappa shape index (κ2) is 9.26. The van der Waals surface area contributed by atoms with Gasteiger partial charge < -0.3 is 19.6 Å². The smallest absolute Gasteiger partial charge is 0.336 e. The van der Waals surface area contributed by atoms with Gasteiger partial charge in [0.2, 0.25) is 0 Å². The molecule has 3 rings (SSSR count). The van der Waals surface area contributed by atoms with Crippen molar-refractivity contribution in [2.75, 3.05) is 0 Å². The summed E-state index contributed by atoms with van der Waals surface area (Å²) >= 11 is 0. The molecule has 0 aliphatic carbocycles. The van der Waals surface area contributed by atoms with Crippen LogP contribution >= 0.6 is 0 Å². The van der Waals surface area contributed by atoms with E-state index in [2.05, 4.69) is 5.32 Å². The van der Waals surface area contributed by atoms with Gasteiger partial charge in [0, 0.05) is 34.7 Å². The predicted molar refractivity (Wildman–Crippen MR) is 111 cm³/mol. The Bertz CT molecular complexity index is 1120. The number of nitrogens with one attached hydrogen (secondary N) is 1. The molecule has 1 unspecified atom stereocenters. The molecule has 1 amide bonds. The number of fused-ring (bicyclic) bond motifs is 1. The predicted octanol–water partition coefficient (Wildman–Crippen LogP) is 3.31. The van der Waals surface area contributed by atoms with Crippen LogP contribution in [0.5, 0.6) is 5.75 Å². The number of rotatable bonds is 7. The Balaban J connectivity index is 1.65. The number of esters is 1. The summed E-state index contributed by atoms with van der Waals surface area (Å²) in [7, 11) is 0. The Morgan fingerprint density at radius 1 is 1.13 bits per heavy atom. The van der Waals surface area contributed by atoms with Crippen molar-refractivity contribution in [1.82, 2.24) is 5.32 Å². The maximum Gasteiger partial charge on any atom is 0.336 e. The Morgan fingerprint density at radius 3 is 2.57 bits per heavy atom. The van der Waals surface area contributed by atoms with Crippen molar-refractivity contribution in [1.29, 1.82) is 0 Å². The summed E-state index contributed by atoms with van der Waals surface area (Å²) in [6, 6.07) is 12.7. The van der Waals surface area contributed by atoms with Gasteiger partial charge in [-0.25, -0.2) is 4.79 Å². The van der Waals surface area contributed by atoms with Crippen molar-refractivity contribution in [3.63, 3.8) is 0 Å². The number of carbonyl (C=O) groups excluding carboxylic acids is 2. The molecular formula is C23H23NO6. The maximum absolute atomic E-state index is 12.2. The summed E-state index contributed by atoms with van der Waals surface area (Å²) in [5, 5.41) is 13.3. The number of ether oxygens (including phenoxy) is 1. The lowest BCUT2D eigenvalue weighted by atomic mass is 10.0. The van der Waals surface area contributed by atoms with Crippen molar-refractivity contribution < 1.29 is 23.8 Å². The van der Waals surface area contributed by atoms with Crippen molar-refractivity contribution in [2.45, 2.75) is 39.3 Å². The number of aromatic hydroxyl groups is 1. The van der Waals surface area contributed by atoms with Crippen molar-refractivity contribution >= 4 is 22.8 Å². The average Bonchev–Trinajstić information content (AvgIpc) is 2.71. The van der Waals surface area contributed by atoms with Gasteiger partial charge in [0.25, 0.3) is 5.91 Å². The number of benzene rings is 2. The Kier molecular flexibility index (Phi) is 6.51. The minimum Gasteiger partial charge on any atom is -0.508 e. The molecule has 2 N–H and O–H groups in total. The van der Waals surface area contributed by atoms with Gasteiger partial charge >= 0.3 is 11.6 Å². The number of phenols is 1. The highest BCUT2D eigenvalue weighted by molar-refractivity contribution is 5.94. The summed E-state index contributed by atoms with van der Waals surface area (Å²) in [5.74, 6) is -0.730. The second-order valence-corrected chi connectivity index (χ2v) is 7.03. The SMILES string of the molecule is CCc1cc2c(COC(=O)CC(C)NC(=O)c3ccccc3)cc(=O)oc2cc1O. The molecule has 0 spiro atoms. The number of aryl methyl sites for hydroxylation is 1. The summed E-state index contributed by atoms with van der Waals surface area (Å²) in [6.07, 6.45) is 0.581. The molecule has 7 heteroatoms. The molecular weight excluding hydrogens is 386 g/mol. The first-order chi connectivity index (χ1) is 14.4. The van der Waals surface area contributed by atoms with Crippen molar-refractivity contribution in [2.24, 2.45) is 0 Å². The molecule has 2 aromatic carbocycles. The molecule has 0 bridgehead atoms. The van der Waals surface area contributed by atoms with E-state index in [-0.39, 0.29) is 30.3 Å². The molecule has 0 fully saturated rings. The molecule has 1 heterocycles. The van der Waals surface area contributed by atoms with Crippen LogP contribution < -0.4 is 10.9 Å². The number of phenolic OH excluding ortho intramolecular Hbond substituents is 1. The van der Waals surface area contributed by atoms with Gasteiger partial charge in [-0.3, -0.25) is 9.59 Å². The van der Waals surface area contributed by atoms with E-state index in [0.29, 0.717) is 28.5 Å². The molecule has 0 radical (unpaired) electrons. The fourth-order valence-electron chi connectivity index (χ4n) is 3.12. The molecule has 30 heavy (non-hydrogen) atoms. The number of carbonyl (C=O) groups is 2. The van der Waals surface area contributed by atoms with Crippen LogP contribution in [0.2, 0.25) is 0 Å². The van der Waals surface area contributed by atoms with Crippen LogP contribution in [0.25, 0.3) is 11.0 Å². The second-order valence-electron chi connectivity index (χ2n) is 7.03. The fraction of sp³-hybridized carbons (Fsp3) is 0.261. The van der Waals surface area contributed by atoms with Gasteiger partial charge in [0.1, 0.15) is 17.9 Å². The summed E-state index contributed by atoms with van der Waals surface area (Å²) in [4.78, 5) is 36.2. The third kappa shape index (κ3) is 5.05. The van der Waals surface area contributed by atoms with E-state index in [9.17, 15) is 19.5 Å². The average molecular weight is 409 g/mol. The Labute approximate surface area is 173 Å². The topological polar surface area (TPSA) is 106 Å². The zero-order valence-electron chi connectivity index (χ0n) is 16.8. The van der Waals surface area contributed by atoms with Crippen LogP contribution in [0.4, 0.5) is 0 Å². The molecule has 0 aliphatic rings. The van der Waals surface area contributed by atoms with E-state index in [1.54, 1.807) is 37.3 Å². The van der Waals surface area contributed by atoms with Crippen molar-refractivity contribution in [3.05, 3.63) is 75.6 Å². The van der Waals surface area contributed by atoms with Gasteiger partial charge in [-0.05, 0) is 37.1 Å². The molecule has 1 atom stereocenters. The van der Waals surface area contributed by atoms with Crippen LogP contribution in [0, 0.1) is 0 Å². The van der Waals surface area contributed by atoms with E-state index < -0.39 is 17.6 Å². The van der Waals surface area contributed by atoms with Crippen LogP contribution in [-0.4, -0.2) is 23.0 Å². The summed E-state index contributed by atoms with van der Waals surface area (Å²) < 4.78 is 10.5. The highest BCUT2D eigenvalue weighted by Gasteiger charge is 2.16. The first-order valence-corrected chi connectivity index (χ1v) is 9.67. The lowest BCUT2D eigenvalue weighted by Gasteiger charge is -2.14. The van der Waals surface area contributed by atoms with Crippen LogP contribution in [-0.2, 0) is 22.6 Å². The Morgan fingerprint density at radius 2 is 1.87 bits per heavy atom. The zero-order valence-corrected chi connectivity index (χ0v) is 16.8. The molecule has 156 valence electrons. The van der Waals surface area contributed by atoms with Crippen LogP contribution in [0.3, 0.4) is 0 Å². The summed E-state index contributed by atoms with van der Waals surface area (Å²) in [5.41, 5.74) is 1.33. The number of hydrogen-bond acceptors (Lipinski definition) is 6. The first kappa shape index (κ1) is 21.1. The minimum absolute atomic E-state index is 0.0149. The maximum atomic E-state index is 12.2. The minimum atomic E-state index is -0.597. The van der Waals surface area contributed by atoms with Gasteiger partial charge in [0.15, 0.2) is 0 Å². The third-order valence-electron chi connectivity index (χ3n) is 4.69. The van der Waals surface area contributed by atoms with E-state index >= 15 is 0 Å². The van der Waals surface area contributed by atoms with Gasteiger partial charge in [0.05, 0.1) is 6.42 Å². The first-order valence-electron chi connectivity index (χ1n) is 9.67. The highest BCUT2D eigenvalue weighted by atomic mass is 16.5. The van der Waals surface area contributed by atoms with Gasteiger partial charge in [-0.2, -0.15) is 0 Å². The van der Waals surface area contributed by atoms with Gasteiger partial charge in [-0.15, -0.1) is 0 Å². The highest BCUT2D eigenvalue weighted by Crippen LogP contribution is 2.27. The molecule has 0 aliphatic heterocycles. The van der Waals surface area contributed by atoms with Crippen molar-refractivity contribution in [3.8, 4) is 5.75 Å². The van der Waals surface area contributed by atoms with E-state index in [1.165, 1.54) is 12.1 Å². The fourth-order valence-corrected chi connectivity index (χ4v) is 3.12. The molecule has 3 aromatic rings. The van der Waals surface area contributed by atoms with Crippen LogP contribution in [0.1, 0.15) is 41.8 Å². The monoisotopic (exact) mass is 409 g/mol. The van der Waals surface area contributed by atoms with E-state index in [0.717, 1.165) is 0 Å². The molecule has 0 saturated heterocycles. The van der Waals surface area contributed by atoms with E-state index in [4.69, 9.17) is 9.15 Å². The number of amides is 1.